The number of amides is 3. The van der Waals surface area contributed by atoms with Gasteiger partial charge in [0.15, 0.2) is 6.10 Å². The third-order valence-corrected chi connectivity index (χ3v) is 5.97. The quantitative estimate of drug-likeness (QED) is 0.611. The summed E-state index contributed by atoms with van der Waals surface area (Å²) in [6.45, 7) is 1.67. The lowest BCUT2D eigenvalue weighted by molar-refractivity contribution is -0.143. The van der Waals surface area contributed by atoms with Gasteiger partial charge in [-0.1, -0.05) is 60.7 Å². The van der Waals surface area contributed by atoms with Crippen LogP contribution in [0.2, 0.25) is 0 Å². The summed E-state index contributed by atoms with van der Waals surface area (Å²) in [6.07, 6.45) is -0.888. The van der Waals surface area contributed by atoms with E-state index < -0.39 is 18.1 Å². The van der Waals surface area contributed by atoms with E-state index in [4.69, 9.17) is 4.84 Å². The zero-order valence-corrected chi connectivity index (χ0v) is 18.0. The van der Waals surface area contributed by atoms with Crippen LogP contribution in [-0.2, 0) is 25.8 Å². The summed E-state index contributed by atoms with van der Waals surface area (Å²) in [6, 6.07) is 25.7. The summed E-state index contributed by atoms with van der Waals surface area (Å²) in [5, 5.41) is 4.41. The third kappa shape index (κ3) is 3.87. The maximum Gasteiger partial charge on any atom is 0.262 e. The molecular formula is C26H23N3O4. The number of hydrogen-bond acceptors (Lipinski definition) is 5. The van der Waals surface area contributed by atoms with Crippen LogP contribution in [-0.4, -0.2) is 28.7 Å². The Bertz CT molecular complexity index is 1180. The van der Waals surface area contributed by atoms with Crippen LogP contribution in [0.25, 0.3) is 0 Å². The van der Waals surface area contributed by atoms with Gasteiger partial charge in [0.2, 0.25) is 11.8 Å². The number of nitrogens with one attached hydrogen (secondary N) is 1. The summed E-state index contributed by atoms with van der Waals surface area (Å²) in [5.41, 5.74) is 3.13. The number of imide groups is 1. The molecule has 2 aliphatic heterocycles. The van der Waals surface area contributed by atoms with Gasteiger partial charge in [-0.15, -0.1) is 0 Å². The van der Waals surface area contributed by atoms with E-state index in [1.54, 1.807) is 17.2 Å². The second-order valence-electron chi connectivity index (χ2n) is 8.21. The zero-order valence-electron chi connectivity index (χ0n) is 18.0. The molecule has 2 saturated heterocycles. The second kappa shape index (κ2) is 8.52. The summed E-state index contributed by atoms with van der Waals surface area (Å²) >= 11 is 0. The number of carbonyl (C=O) groups is 3. The molecule has 0 aromatic heterocycles. The van der Waals surface area contributed by atoms with Crippen LogP contribution < -0.4 is 10.4 Å². The molecule has 0 aliphatic carbocycles. The SMILES string of the molecule is CC(=O)Nc1ccc(C2C3C(=O)N(Cc4ccccc4)C(=O)C3ON2c2ccccc2)cc1. The van der Waals surface area contributed by atoms with Gasteiger partial charge < -0.3 is 5.32 Å². The van der Waals surface area contributed by atoms with E-state index in [9.17, 15) is 14.4 Å². The number of nitrogens with zero attached hydrogens (tertiary/aromatic N) is 2. The van der Waals surface area contributed by atoms with Crippen molar-refractivity contribution in [1.82, 2.24) is 4.90 Å². The number of para-hydroxylation sites is 1. The second-order valence-corrected chi connectivity index (χ2v) is 8.21. The largest absolute Gasteiger partial charge is 0.326 e. The first-order chi connectivity index (χ1) is 16.0. The Morgan fingerprint density at radius 2 is 1.52 bits per heavy atom. The zero-order chi connectivity index (χ0) is 22.9. The number of hydrogen-bond donors (Lipinski definition) is 1. The van der Waals surface area contributed by atoms with Crippen LogP contribution in [0.5, 0.6) is 0 Å². The first-order valence-electron chi connectivity index (χ1n) is 10.8. The number of rotatable bonds is 5. The molecule has 3 amide bonds. The van der Waals surface area contributed by atoms with Gasteiger partial charge in [-0.2, -0.15) is 0 Å². The Labute approximate surface area is 191 Å². The Morgan fingerprint density at radius 3 is 2.15 bits per heavy atom. The Kier molecular flexibility index (Phi) is 5.40. The lowest BCUT2D eigenvalue weighted by atomic mass is 9.90. The van der Waals surface area contributed by atoms with E-state index in [-0.39, 0.29) is 24.3 Å². The van der Waals surface area contributed by atoms with Gasteiger partial charge in [0, 0.05) is 12.6 Å². The van der Waals surface area contributed by atoms with Crippen molar-refractivity contribution < 1.29 is 19.2 Å². The first kappa shape index (κ1) is 20.9. The highest BCUT2D eigenvalue weighted by molar-refractivity contribution is 6.07. The van der Waals surface area contributed by atoms with Gasteiger partial charge in [-0.25, -0.2) is 5.06 Å². The highest BCUT2D eigenvalue weighted by Crippen LogP contribution is 2.47. The number of benzene rings is 3. The molecular weight excluding hydrogens is 418 g/mol. The van der Waals surface area contributed by atoms with Gasteiger partial charge in [0.05, 0.1) is 18.3 Å². The molecule has 7 nitrogen and oxygen atoms in total. The Balaban J connectivity index is 1.50. The molecule has 0 spiro atoms. The highest BCUT2D eigenvalue weighted by atomic mass is 16.7. The Hall–Kier alpha value is -3.97. The number of likely N-dealkylation sites (tertiary alicyclic amines) is 1. The number of fused-ring (bicyclic) bond motifs is 1. The summed E-state index contributed by atoms with van der Waals surface area (Å²) < 4.78 is 0. The number of carbonyl (C=O) groups excluding carboxylic acids is 3. The molecule has 0 bridgehead atoms. The van der Waals surface area contributed by atoms with Crippen molar-refractivity contribution in [3.8, 4) is 0 Å². The fourth-order valence-electron chi connectivity index (χ4n) is 4.50. The molecule has 0 saturated carbocycles. The topological polar surface area (TPSA) is 79.0 Å². The van der Waals surface area contributed by atoms with Gasteiger partial charge in [0.1, 0.15) is 5.92 Å². The number of hydroxylamine groups is 1. The van der Waals surface area contributed by atoms with E-state index in [2.05, 4.69) is 5.32 Å². The molecule has 2 aliphatic rings. The fraction of sp³-hybridized carbons (Fsp3) is 0.192. The smallest absolute Gasteiger partial charge is 0.262 e. The predicted molar refractivity (Wildman–Crippen MR) is 123 cm³/mol. The number of anilines is 2. The van der Waals surface area contributed by atoms with E-state index in [0.717, 1.165) is 16.8 Å². The highest BCUT2D eigenvalue weighted by Gasteiger charge is 2.59. The summed E-state index contributed by atoms with van der Waals surface area (Å²) in [5.74, 6) is -1.41. The van der Waals surface area contributed by atoms with Crippen LogP contribution >= 0.6 is 0 Å². The van der Waals surface area contributed by atoms with E-state index in [1.165, 1.54) is 11.8 Å². The standard InChI is InChI=1S/C26H23N3O4/c1-17(30)27-20-14-12-19(13-15-20)23-22-24(33-29(23)21-10-6-3-7-11-21)26(32)28(25(22)31)16-18-8-4-2-5-9-18/h2-15,22-24H,16H2,1H3,(H,27,30). The van der Waals surface area contributed by atoms with Crippen LogP contribution in [0.4, 0.5) is 11.4 Å². The summed E-state index contributed by atoms with van der Waals surface area (Å²) in [7, 11) is 0. The molecule has 3 unspecified atom stereocenters. The molecule has 2 fully saturated rings. The summed E-state index contributed by atoms with van der Waals surface area (Å²) in [4.78, 5) is 45.6. The maximum absolute atomic E-state index is 13.5. The molecule has 3 aromatic carbocycles. The lowest BCUT2D eigenvalue weighted by Gasteiger charge is -2.29. The monoisotopic (exact) mass is 441 g/mol. The van der Waals surface area contributed by atoms with Crippen molar-refractivity contribution in [1.29, 1.82) is 0 Å². The van der Waals surface area contributed by atoms with Gasteiger partial charge in [0.25, 0.3) is 5.91 Å². The third-order valence-electron chi connectivity index (χ3n) is 5.97. The molecule has 3 aromatic rings. The van der Waals surface area contributed by atoms with Crippen molar-refractivity contribution >= 4 is 29.1 Å². The molecule has 0 radical (unpaired) electrons. The van der Waals surface area contributed by atoms with E-state index >= 15 is 0 Å². The average molecular weight is 441 g/mol. The Morgan fingerprint density at radius 1 is 0.879 bits per heavy atom. The lowest BCUT2D eigenvalue weighted by Crippen LogP contribution is -2.36. The van der Waals surface area contributed by atoms with E-state index in [1.807, 2.05) is 72.8 Å². The first-order valence-corrected chi connectivity index (χ1v) is 10.8. The van der Waals surface area contributed by atoms with Gasteiger partial charge in [-0.05, 0) is 35.4 Å². The van der Waals surface area contributed by atoms with Crippen molar-refractivity contribution in [3.05, 3.63) is 96.1 Å². The molecule has 3 atom stereocenters. The molecule has 5 rings (SSSR count). The molecule has 33 heavy (non-hydrogen) atoms. The minimum atomic E-state index is -0.888. The predicted octanol–water partition coefficient (Wildman–Crippen LogP) is 3.69. The molecule has 166 valence electrons. The van der Waals surface area contributed by atoms with Crippen molar-refractivity contribution in [2.45, 2.75) is 25.6 Å². The normalized spacial score (nSPS) is 21.9. The van der Waals surface area contributed by atoms with Crippen molar-refractivity contribution in [2.75, 3.05) is 10.4 Å². The minimum Gasteiger partial charge on any atom is -0.326 e. The van der Waals surface area contributed by atoms with Gasteiger partial charge >= 0.3 is 0 Å². The van der Waals surface area contributed by atoms with Crippen molar-refractivity contribution in [3.63, 3.8) is 0 Å². The van der Waals surface area contributed by atoms with E-state index in [0.29, 0.717) is 5.69 Å². The maximum atomic E-state index is 13.5. The molecule has 7 heteroatoms. The molecule has 2 heterocycles. The average Bonchev–Trinajstić information content (AvgIpc) is 3.33. The van der Waals surface area contributed by atoms with Crippen LogP contribution in [0.15, 0.2) is 84.9 Å². The van der Waals surface area contributed by atoms with Crippen molar-refractivity contribution in [2.24, 2.45) is 5.92 Å². The van der Waals surface area contributed by atoms with Crippen LogP contribution in [0.1, 0.15) is 24.1 Å². The van der Waals surface area contributed by atoms with Crippen LogP contribution in [0.3, 0.4) is 0 Å². The van der Waals surface area contributed by atoms with Crippen LogP contribution in [0, 0.1) is 5.92 Å². The van der Waals surface area contributed by atoms with Gasteiger partial charge in [-0.3, -0.25) is 24.1 Å². The molecule has 1 N–H and O–H groups in total. The minimum absolute atomic E-state index is 0.161. The fourth-order valence-corrected chi connectivity index (χ4v) is 4.50.